The smallest absolute Gasteiger partial charge is 0.313 e. The molecule has 0 fully saturated rings. The van der Waals surface area contributed by atoms with E-state index in [1.54, 1.807) is 11.1 Å². The highest BCUT2D eigenvalue weighted by Gasteiger charge is 2.24. The number of hydrogen-bond donors (Lipinski definition) is 2. The van der Waals surface area contributed by atoms with Crippen LogP contribution in [0.3, 0.4) is 0 Å². The van der Waals surface area contributed by atoms with Crippen molar-refractivity contribution in [3.8, 4) is 0 Å². The average Bonchev–Trinajstić information content (AvgIpc) is 2.45. The van der Waals surface area contributed by atoms with Crippen molar-refractivity contribution in [3.05, 3.63) is 23.9 Å². The first-order chi connectivity index (χ1) is 10.4. The number of nitrogens with one attached hydrogen (secondary N) is 1. The predicted octanol–water partition coefficient (Wildman–Crippen LogP) is -0.582. The van der Waals surface area contributed by atoms with E-state index in [1.165, 1.54) is 23.9 Å². The number of carbonyl (C=O) groups is 2. The molecule has 0 saturated heterocycles. The molecule has 2 aliphatic rings. The van der Waals surface area contributed by atoms with Crippen LogP contribution in [0.5, 0.6) is 0 Å². The van der Waals surface area contributed by atoms with Gasteiger partial charge in [0.25, 0.3) is 15.9 Å². The quantitative estimate of drug-likeness (QED) is 0.619. The number of nitrogens with zero attached hydrogens (tertiary/aromatic N) is 2. The van der Waals surface area contributed by atoms with E-state index >= 15 is 0 Å². The second-order valence-electron chi connectivity index (χ2n) is 4.55. The fourth-order valence-corrected chi connectivity index (χ4v) is 3.37. The molecule has 120 valence electrons. The third-order valence-electron chi connectivity index (χ3n) is 2.84. The van der Waals surface area contributed by atoms with Crippen molar-refractivity contribution in [3.63, 3.8) is 0 Å². The summed E-state index contributed by atoms with van der Waals surface area (Å²) in [6.07, 6.45) is 4.56. The molecular formula is C12H15N3O5S2. The first-order valence-electron chi connectivity index (χ1n) is 6.44. The number of hydrogen-bond acceptors (Lipinski definition) is 6. The van der Waals surface area contributed by atoms with Crippen molar-refractivity contribution >= 4 is 39.5 Å². The third kappa shape index (κ3) is 4.60. The largest absolute Gasteiger partial charge is 0.481 e. The molecule has 0 aliphatic carbocycles. The second-order valence-corrected chi connectivity index (χ2v) is 7.41. The zero-order valence-electron chi connectivity index (χ0n) is 11.6. The fourth-order valence-electron chi connectivity index (χ4n) is 1.83. The van der Waals surface area contributed by atoms with Gasteiger partial charge in [-0.2, -0.15) is 0 Å². The predicted molar refractivity (Wildman–Crippen MR) is 83.1 cm³/mol. The maximum absolute atomic E-state index is 12.0. The third-order valence-corrected chi connectivity index (χ3v) is 4.95. The first-order valence-corrected chi connectivity index (χ1v) is 9.21. The van der Waals surface area contributed by atoms with Crippen LogP contribution >= 0.6 is 11.8 Å². The lowest BCUT2D eigenvalue weighted by molar-refractivity contribution is -0.133. The molecule has 0 radical (unpaired) electrons. The topological polar surface area (TPSA) is 116 Å². The summed E-state index contributed by atoms with van der Waals surface area (Å²) in [4.78, 5) is 23.9. The summed E-state index contributed by atoms with van der Waals surface area (Å²) in [5.41, 5.74) is 0.404. The van der Waals surface area contributed by atoms with E-state index < -0.39 is 16.0 Å². The normalized spacial score (nSPS) is 19.0. The highest BCUT2D eigenvalue weighted by Crippen LogP contribution is 2.15. The lowest BCUT2D eigenvalue weighted by atomic mass is 10.2. The molecular weight excluding hydrogens is 330 g/mol. The van der Waals surface area contributed by atoms with Crippen LogP contribution in [0.1, 0.15) is 0 Å². The maximum atomic E-state index is 12.0. The van der Waals surface area contributed by atoms with Gasteiger partial charge in [-0.15, -0.1) is 16.2 Å². The molecule has 8 nitrogen and oxygen atoms in total. The molecule has 2 N–H and O–H groups in total. The summed E-state index contributed by atoms with van der Waals surface area (Å²) in [6, 6.07) is 0. The molecule has 22 heavy (non-hydrogen) atoms. The Morgan fingerprint density at radius 3 is 2.91 bits per heavy atom. The molecule has 2 rings (SSSR count). The van der Waals surface area contributed by atoms with Crippen molar-refractivity contribution in [2.75, 3.05) is 30.3 Å². The Balaban J connectivity index is 1.87. The second kappa shape index (κ2) is 6.97. The van der Waals surface area contributed by atoms with Crippen LogP contribution in [0, 0.1) is 0 Å². The van der Waals surface area contributed by atoms with E-state index in [1.807, 2.05) is 0 Å². The molecule has 0 aromatic carbocycles. The highest BCUT2D eigenvalue weighted by atomic mass is 32.2. The number of sulfonamides is 1. The zero-order chi connectivity index (χ0) is 16.2. The molecule has 0 atom stereocenters. The monoisotopic (exact) mass is 345 g/mol. The SMILES string of the molecule is O=C(O)CSCCNC(=O)C1=CN2CCS(=O)(=O)N=C2C=C1. The van der Waals surface area contributed by atoms with Gasteiger partial charge in [0.2, 0.25) is 0 Å². The number of aliphatic carboxylic acids is 1. The summed E-state index contributed by atoms with van der Waals surface area (Å²) in [5, 5.41) is 11.2. The summed E-state index contributed by atoms with van der Waals surface area (Å²) < 4.78 is 26.4. The maximum Gasteiger partial charge on any atom is 0.313 e. The summed E-state index contributed by atoms with van der Waals surface area (Å²) in [7, 11) is -3.40. The minimum absolute atomic E-state index is 0.000541. The average molecular weight is 345 g/mol. The van der Waals surface area contributed by atoms with Crippen molar-refractivity contribution in [2.45, 2.75) is 0 Å². The van der Waals surface area contributed by atoms with E-state index in [9.17, 15) is 18.0 Å². The molecule has 0 saturated carbocycles. The van der Waals surface area contributed by atoms with Gasteiger partial charge in [0.05, 0.1) is 17.1 Å². The number of carbonyl (C=O) groups excluding carboxylic acids is 1. The number of fused-ring (bicyclic) bond motifs is 1. The number of rotatable bonds is 6. The summed E-state index contributed by atoms with van der Waals surface area (Å²) in [5.74, 6) is -0.452. The molecule has 10 heteroatoms. The molecule has 1 amide bonds. The van der Waals surface area contributed by atoms with E-state index in [-0.39, 0.29) is 24.0 Å². The van der Waals surface area contributed by atoms with Crippen molar-refractivity contribution in [1.82, 2.24) is 10.2 Å². The van der Waals surface area contributed by atoms with E-state index in [4.69, 9.17) is 5.11 Å². The Morgan fingerprint density at radius 1 is 1.41 bits per heavy atom. The number of carboxylic acid groups (broad SMARTS) is 1. The van der Waals surface area contributed by atoms with Gasteiger partial charge in [-0.25, -0.2) is 8.42 Å². The van der Waals surface area contributed by atoms with Gasteiger partial charge < -0.3 is 15.3 Å². The minimum Gasteiger partial charge on any atom is -0.481 e. The van der Waals surface area contributed by atoms with Crippen LogP contribution in [0.25, 0.3) is 0 Å². The minimum atomic E-state index is -3.40. The van der Waals surface area contributed by atoms with Crippen LogP contribution in [0.15, 0.2) is 28.3 Å². The number of carboxylic acids is 1. The Labute approximate surface area is 132 Å². The van der Waals surface area contributed by atoms with E-state index in [0.717, 1.165) is 0 Å². The van der Waals surface area contributed by atoms with Gasteiger partial charge >= 0.3 is 5.97 Å². The number of amides is 1. The summed E-state index contributed by atoms with van der Waals surface area (Å²) in [6.45, 7) is 0.619. The zero-order valence-corrected chi connectivity index (χ0v) is 13.2. The Morgan fingerprint density at radius 2 is 2.18 bits per heavy atom. The van der Waals surface area contributed by atoms with E-state index in [2.05, 4.69) is 9.71 Å². The molecule has 0 aromatic rings. The Hall–Kier alpha value is -1.81. The molecule has 0 bridgehead atoms. The molecule has 2 aliphatic heterocycles. The van der Waals surface area contributed by atoms with E-state index in [0.29, 0.717) is 23.7 Å². The van der Waals surface area contributed by atoms with Gasteiger partial charge in [0, 0.05) is 25.0 Å². The van der Waals surface area contributed by atoms with Crippen LogP contribution in [0.2, 0.25) is 0 Å². The molecule has 2 heterocycles. The van der Waals surface area contributed by atoms with Crippen LogP contribution in [-0.4, -0.2) is 66.5 Å². The first kappa shape index (κ1) is 16.6. The van der Waals surface area contributed by atoms with Crippen LogP contribution < -0.4 is 5.32 Å². The van der Waals surface area contributed by atoms with Gasteiger partial charge in [-0.05, 0) is 12.2 Å². The summed E-state index contributed by atoms with van der Waals surface area (Å²) >= 11 is 1.22. The van der Waals surface area contributed by atoms with Gasteiger partial charge in [0.1, 0.15) is 5.84 Å². The van der Waals surface area contributed by atoms with Crippen molar-refractivity contribution in [2.24, 2.45) is 4.40 Å². The Bertz CT molecular complexity index is 666. The lowest BCUT2D eigenvalue weighted by Gasteiger charge is -2.26. The van der Waals surface area contributed by atoms with Crippen molar-refractivity contribution < 1.29 is 23.1 Å². The van der Waals surface area contributed by atoms with Crippen LogP contribution in [-0.2, 0) is 19.6 Å². The van der Waals surface area contributed by atoms with Crippen molar-refractivity contribution in [1.29, 1.82) is 0 Å². The van der Waals surface area contributed by atoms with Crippen LogP contribution in [0.4, 0.5) is 0 Å². The molecule has 0 unspecified atom stereocenters. The fraction of sp³-hybridized carbons (Fsp3) is 0.417. The van der Waals surface area contributed by atoms with Gasteiger partial charge in [0.15, 0.2) is 0 Å². The van der Waals surface area contributed by atoms with Gasteiger partial charge in [-0.3, -0.25) is 9.59 Å². The number of amidine groups is 1. The van der Waals surface area contributed by atoms with Gasteiger partial charge in [-0.1, -0.05) is 0 Å². The Kier molecular flexibility index (Phi) is 5.24. The molecule has 0 spiro atoms. The lowest BCUT2D eigenvalue weighted by Crippen LogP contribution is -2.38. The molecule has 0 aromatic heterocycles. The number of thioether (sulfide) groups is 1. The standard InChI is InChI=1S/C12H15N3O5S2/c16-11(17)8-21-5-3-13-12(18)9-1-2-10-14-22(19,20)6-4-15(10)7-9/h1-2,7H,3-6,8H2,(H,13,18)(H,16,17). The highest BCUT2D eigenvalue weighted by molar-refractivity contribution is 7.99.